The van der Waals surface area contributed by atoms with Crippen molar-refractivity contribution in [2.75, 3.05) is 0 Å². The van der Waals surface area contributed by atoms with Gasteiger partial charge in [-0.3, -0.25) is 0 Å². The highest BCUT2D eigenvalue weighted by Crippen LogP contribution is 2.38. The van der Waals surface area contributed by atoms with Crippen LogP contribution in [-0.4, -0.2) is 10.1 Å². The van der Waals surface area contributed by atoms with E-state index in [0.717, 1.165) is 23.7 Å². The van der Waals surface area contributed by atoms with Gasteiger partial charge in [-0.2, -0.15) is 10.2 Å². The lowest BCUT2D eigenvalue weighted by atomic mass is 10.0. The van der Waals surface area contributed by atoms with Crippen LogP contribution in [-0.2, 0) is 0 Å². The maximum absolute atomic E-state index is 8.79. The average Bonchev–Trinajstić information content (AvgIpc) is 3.16. The van der Waals surface area contributed by atoms with E-state index in [4.69, 9.17) is 9.78 Å². The molecule has 2 unspecified atom stereocenters. The molecule has 2 atom stereocenters. The zero-order valence-electron chi connectivity index (χ0n) is 11.5. The highest BCUT2D eigenvalue weighted by molar-refractivity contribution is 5.54. The van der Waals surface area contributed by atoms with E-state index in [2.05, 4.69) is 23.1 Å². The monoisotopic (exact) mass is 267 g/mol. The van der Waals surface area contributed by atoms with E-state index in [-0.39, 0.29) is 0 Å². The molecule has 0 amide bonds. The summed E-state index contributed by atoms with van der Waals surface area (Å²) in [5.41, 5.74) is 1.50. The Morgan fingerprint density at radius 1 is 1.30 bits per heavy atom. The molecule has 4 nitrogen and oxygen atoms in total. The van der Waals surface area contributed by atoms with E-state index in [1.54, 1.807) is 12.1 Å². The summed E-state index contributed by atoms with van der Waals surface area (Å²) in [6.07, 6.45) is 4.83. The van der Waals surface area contributed by atoms with Gasteiger partial charge in [-0.05, 0) is 49.4 Å². The lowest BCUT2D eigenvalue weighted by Gasteiger charge is -2.04. The van der Waals surface area contributed by atoms with Crippen molar-refractivity contribution in [3.8, 4) is 17.5 Å². The van der Waals surface area contributed by atoms with Gasteiger partial charge in [0.25, 0.3) is 5.89 Å². The molecule has 1 heterocycles. The Balaban J connectivity index is 1.78. The molecular formula is C16H17N3O. The summed E-state index contributed by atoms with van der Waals surface area (Å²) < 4.78 is 5.36. The predicted molar refractivity (Wildman–Crippen MR) is 74.8 cm³/mol. The van der Waals surface area contributed by atoms with Gasteiger partial charge in [0, 0.05) is 11.5 Å². The highest BCUT2D eigenvalue weighted by Gasteiger charge is 2.28. The van der Waals surface area contributed by atoms with E-state index in [0.29, 0.717) is 17.4 Å². The van der Waals surface area contributed by atoms with E-state index in [9.17, 15) is 0 Å². The Morgan fingerprint density at radius 3 is 2.75 bits per heavy atom. The maximum Gasteiger partial charge on any atom is 0.257 e. The van der Waals surface area contributed by atoms with Crippen LogP contribution in [0.3, 0.4) is 0 Å². The van der Waals surface area contributed by atoms with Crippen LogP contribution >= 0.6 is 0 Å². The predicted octanol–water partition coefficient (Wildman–Crippen LogP) is 3.90. The Kier molecular flexibility index (Phi) is 3.51. The molecule has 1 aliphatic rings. The highest BCUT2D eigenvalue weighted by atomic mass is 16.5. The van der Waals surface area contributed by atoms with Crippen molar-refractivity contribution in [1.29, 1.82) is 5.26 Å². The lowest BCUT2D eigenvalue weighted by molar-refractivity contribution is 0.413. The smallest absolute Gasteiger partial charge is 0.257 e. The molecule has 1 aliphatic carbocycles. The zero-order chi connectivity index (χ0) is 13.9. The fourth-order valence-electron chi connectivity index (χ4n) is 2.89. The van der Waals surface area contributed by atoms with Gasteiger partial charge >= 0.3 is 0 Å². The van der Waals surface area contributed by atoms with Gasteiger partial charge in [0.1, 0.15) is 0 Å². The average molecular weight is 267 g/mol. The molecule has 102 valence electrons. The Labute approximate surface area is 118 Å². The van der Waals surface area contributed by atoms with Gasteiger partial charge in [-0.15, -0.1) is 0 Å². The van der Waals surface area contributed by atoms with E-state index < -0.39 is 0 Å². The van der Waals surface area contributed by atoms with Crippen LogP contribution in [0, 0.1) is 17.2 Å². The second kappa shape index (κ2) is 5.46. The van der Waals surface area contributed by atoms with E-state index in [1.807, 2.05) is 12.1 Å². The summed E-state index contributed by atoms with van der Waals surface area (Å²) in [6.45, 7) is 2.24. The first-order chi connectivity index (χ1) is 9.80. The Bertz CT molecular complexity index is 624. The molecule has 20 heavy (non-hydrogen) atoms. The minimum Gasteiger partial charge on any atom is -0.334 e. The number of hydrogen-bond donors (Lipinski definition) is 0. The van der Waals surface area contributed by atoms with Crippen LogP contribution < -0.4 is 0 Å². The van der Waals surface area contributed by atoms with Crippen LogP contribution in [0.15, 0.2) is 28.8 Å². The molecule has 1 aromatic carbocycles. The fourth-order valence-corrected chi connectivity index (χ4v) is 2.89. The van der Waals surface area contributed by atoms with Crippen LogP contribution in [0.1, 0.15) is 49.9 Å². The van der Waals surface area contributed by atoms with Crippen molar-refractivity contribution in [1.82, 2.24) is 10.1 Å². The molecule has 0 bridgehead atoms. The largest absolute Gasteiger partial charge is 0.334 e. The zero-order valence-corrected chi connectivity index (χ0v) is 11.5. The number of nitrogens with zero attached hydrogens (tertiary/aromatic N) is 3. The summed E-state index contributed by atoms with van der Waals surface area (Å²) in [7, 11) is 0. The molecule has 0 radical (unpaired) electrons. The third kappa shape index (κ3) is 2.44. The summed E-state index contributed by atoms with van der Waals surface area (Å²) in [5, 5.41) is 12.9. The van der Waals surface area contributed by atoms with Crippen molar-refractivity contribution in [3.63, 3.8) is 0 Å². The second-order valence-corrected chi connectivity index (χ2v) is 5.43. The number of hydrogen-bond acceptors (Lipinski definition) is 4. The topological polar surface area (TPSA) is 62.7 Å². The van der Waals surface area contributed by atoms with Crippen LogP contribution in [0.25, 0.3) is 11.5 Å². The van der Waals surface area contributed by atoms with Crippen LogP contribution in [0.5, 0.6) is 0 Å². The van der Waals surface area contributed by atoms with Crippen molar-refractivity contribution >= 4 is 0 Å². The normalized spacial score (nSPS) is 21.8. The van der Waals surface area contributed by atoms with Crippen molar-refractivity contribution < 1.29 is 4.52 Å². The first-order valence-electron chi connectivity index (χ1n) is 7.14. The standard InChI is InChI=1S/C16H17N3O/c1-2-11-3-8-14(9-11)15-18-16(20-19-15)13-6-4-12(10-17)5-7-13/h4-7,11,14H,2-3,8-9H2,1H3. The number of aromatic nitrogens is 2. The molecule has 2 aromatic rings. The summed E-state index contributed by atoms with van der Waals surface area (Å²) in [4.78, 5) is 4.53. The first kappa shape index (κ1) is 12.9. The Morgan fingerprint density at radius 2 is 2.10 bits per heavy atom. The molecule has 1 fully saturated rings. The summed E-state index contributed by atoms with van der Waals surface area (Å²) in [6, 6.07) is 9.32. The molecular weight excluding hydrogens is 250 g/mol. The van der Waals surface area contributed by atoms with Gasteiger partial charge in [-0.25, -0.2) is 0 Å². The molecule has 0 aliphatic heterocycles. The maximum atomic E-state index is 8.79. The van der Waals surface area contributed by atoms with Gasteiger partial charge in [-0.1, -0.05) is 18.5 Å². The molecule has 1 saturated carbocycles. The third-order valence-corrected chi connectivity index (χ3v) is 4.19. The molecule has 0 saturated heterocycles. The Hall–Kier alpha value is -2.15. The minimum absolute atomic E-state index is 0.441. The number of benzene rings is 1. The van der Waals surface area contributed by atoms with Gasteiger partial charge < -0.3 is 4.52 Å². The van der Waals surface area contributed by atoms with Crippen LogP contribution in [0.4, 0.5) is 0 Å². The SMILES string of the molecule is CCC1CCC(c2noc(-c3ccc(C#N)cc3)n2)C1. The minimum atomic E-state index is 0.441. The number of rotatable bonds is 3. The van der Waals surface area contributed by atoms with Crippen molar-refractivity contribution in [3.05, 3.63) is 35.7 Å². The fraction of sp³-hybridized carbons (Fsp3) is 0.438. The van der Waals surface area contributed by atoms with Crippen LogP contribution in [0.2, 0.25) is 0 Å². The molecule has 0 N–H and O–H groups in total. The lowest BCUT2D eigenvalue weighted by Crippen LogP contribution is -1.97. The van der Waals surface area contributed by atoms with Gasteiger partial charge in [0.2, 0.25) is 0 Å². The van der Waals surface area contributed by atoms with E-state index >= 15 is 0 Å². The quantitative estimate of drug-likeness (QED) is 0.846. The molecule has 0 spiro atoms. The summed E-state index contributed by atoms with van der Waals surface area (Å²) >= 11 is 0. The first-order valence-corrected chi connectivity index (χ1v) is 7.14. The van der Waals surface area contributed by atoms with Gasteiger partial charge in [0.05, 0.1) is 11.6 Å². The van der Waals surface area contributed by atoms with Gasteiger partial charge in [0.15, 0.2) is 5.82 Å². The van der Waals surface area contributed by atoms with Crippen molar-refractivity contribution in [2.45, 2.75) is 38.5 Å². The number of nitriles is 1. The van der Waals surface area contributed by atoms with E-state index in [1.165, 1.54) is 19.3 Å². The third-order valence-electron chi connectivity index (χ3n) is 4.19. The molecule has 4 heteroatoms. The van der Waals surface area contributed by atoms with Crippen molar-refractivity contribution in [2.24, 2.45) is 5.92 Å². The summed E-state index contributed by atoms with van der Waals surface area (Å²) in [5.74, 6) is 2.62. The second-order valence-electron chi connectivity index (χ2n) is 5.43. The molecule has 1 aromatic heterocycles. The molecule has 3 rings (SSSR count).